The molecule has 4 nitrogen and oxygen atoms in total. The number of hydrogen-bond acceptors (Lipinski definition) is 4. The standard InChI is InChI=1S/C14H15ClN4/c1-9-4-2-3-5-11(9)17-14-18-12-6-7-16-8-10(12)13(15)19-14/h2-5,16H,6-8H2,1H3,(H,17,18,19). The zero-order chi connectivity index (χ0) is 13.2. The minimum atomic E-state index is 0.535. The predicted molar refractivity (Wildman–Crippen MR) is 76.9 cm³/mol. The molecule has 0 amide bonds. The lowest BCUT2D eigenvalue weighted by Gasteiger charge is -2.18. The van der Waals surface area contributed by atoms with Crippen molar-refractivity contribution in [3.05, 3.63) is 46.2 Å². The smallest absolute Gasteiger partial charge is 0.228 e. The number of halogens is 1. The van der Waals surface area contributed by atoms with Gasteiger partial charge in [-0.15, -0.1) is 0 Å². The van der Waals surface area contributed by atoms with Crippen molar-refractivity contribution in [1.29, 1.82) is 0 Å². The third-order valence-corrected chi connectivity index (χ3v) is 3.59. The maximum absolute atomic E-state index is 6.22. The minimum absolute atomic E-state index is 0.535. The fourth-order valence-corrected chi connectivity index (χ4v) is 2.45. The molecule has 2 N–H and O–H groups in total. The quantitative estimate of drug-likeness (QED) is 0.827. The number of fused-ring (bicyclic) bond motifs is 1. The van der Waals surface area contributed by atoms with Crippen molar-refractivity contribution in [2.75, 3.05) is 11.9 Å². The third kappa shape index (κ3) is 2.55. The molecule has 0 saturated carbocycles. The van der Waals surface area contributed by atoms with Crippen molar-refractivity contribution >= 4 is 23.2 Å². The molecular formula is C14H15ClN4. The van der Waals surface area contributed by atoms with Crippen LogP contribution in [0.5, 0.6) is 0 Å². The maximum atomic E-state index is 6.22. The van der Waals surface area contributed by atoms with Crippen LogP contribution < -0.4 is 10.6 Å². The summed E-state index contributed by atoms with van der Waals surface area (Å²) in [6.45, 7) is 3.73. The summed E-state index contributed by atoms with van der Waals surface area (Å²) in [6.07, 6.45) is 0.889. The molecule has 1 aromatic heterocycles. The number of para-hydroxylation sites is 1. The van der Waals surface area contributed by atoms with Crippen LogP contribution in [0.4, 0.5) is 11.6 Å². The molecule has 0 radical (unpaired) electrons. The number of nitrogens with one attached hydrogen (secondary N) is 2. The van der Waals surface area contributed by atoms with Crippen LogP contribution >= 0.6 is 11.6 Å². The Morgan fingerprint density at radius 3 is 2.95 bits per heavy atom. The van der Waals surface area contributed by atoms with E-state index in [1.54, 1.807) is 0 Å². The van der Waals surface area contributed by atoms with E-state index >= 15 is 0 Å². The molecular weight excluding hydrogens is 260 g/mol. The average molecular weight is 275 g/mol. The molecule has 0 bridgehead atoms. The number of benzene rings is 1. The van der Waals surface area contributed by atoms with Crippen LogP contribution in [-0.4, -0.2) is 16.5 Å². The Morgan fingerprint density at radius 2 is 2.11 bits per heavy atom. The van der Waals surface area contributed by atoms with Crippen molar-refractivity contribution in [3.8, 4) is 0 Å². The van der Waals surface area contributed by atoms with Crippen molar-refractivity contribution in [2.24, 2.45) is 0 Å². The lowest BCUT2D eigenvalue weighted by atomic mass is 10.1. The summed E-state index contributed by atoms with van der Waals surface area (Å²) in [6, 6.07) is 8.05. The van der Waals surface area contributed by atoms with Crippen molar-refractivity contribution in [1.82, 2.24) is 15.3 Å². The van der Waals surface area contributed by atoms with Crippen molar-refractivity contribution in [3.63, 3.8) is 0 Å². The zero-order valence-corrected chi connectivity index (χ0v) is 11.5. The van der Waals surface area contributed by atoms with Gasteiger partial charge in [0.05, 0.1) is 5.69 Å². The third-order valence-electron chi connectivity index (χ3n) is 3.27. The molecule has 2 aromatic rings. The van der Waals surface area contributed by atoms with E-state index in [2.05, 4.69) is 20.6 Å². The molecule has 0 aliphatic carbocycles. The molecule has 98 valence electrons. The lowest BCUT2D eigenvalue weighted by Crippen LogP contribution is -2.25. The van der Waals surface area contributed by atoms with Gasteiger partial charge in [0.15, 0.2) is 0 Å². The number of hydrogen-bond donors (Lipinski definition) is 2. The second-order valence-electron chi connectivity index (χ2n) is 4.63. The van der Waals surface area contributed by atoms with Gasteiger partial charge in [-0.3, -0.25) is 0 Å². The van der Waals surface area contributed by atoms with Gasteiger partial charge in [-0.05, 0) is 18.6 Å². The number of aryl methyl sites for hydroxylation is 1. The van der Waals surface area contributed by atoms with Crippen LogP contribution in [0, 0.1) is 6.92 Å². The Kier molecular flexibility index (Phi) is 3.36. The first kappa shape index (κ1) is 12.4. The average Bonchev–Trinajstić information content (AvgIpc) is 2.42. The Bertz CT molecular complexity index is 612. The van der Waals surface area contributed by atoms with Gasteiger partial charge in [-0.2, -0.15) is 0 Å². The van der Waals surface area contributed by atoms with E-state index in [1.807, 2.05) is 31.2 Å². The van der Waals surface area contributed by atoms with Crippen molar-refractivity contribution in [2.45, 2.75) is 19.9 Å². The van der Waals surface area contributed by atoms with Crippen molar-refractivity contribution < 1.29 is 0 Å². The van der Waals surface area contributed by atoms with Gasteiger partial charge in [0.2, 0.25) is 5.95 Å². The van der Waals surface area contributed by atoms with Crippen LogP contribution in [0.25, 0.3) is 0 Å². The van der Waals surface area contributed by atoms with Gasteiger partial charge in [-0.1, -0.05) is 29.8 Å². The molecule has 0 atom stereocenters. The summed E-state index contributed by atoms with van der Waals surface area (Å²) >= 11 is 6.22. The highest BCUT2D eigenvalue weighted by Crippen LogP contribution is 2.24. The maximum Gasteiger partial charge on any atom is 0.228 e. The first-order chi connectivity index (χ1) is 9.24. The fourth-order valence-electron chi connectivity index (χ4n) is 2.19. The lowest BCUT2D eigenvalue weighted by molar-refractivity contribution is 0.627. The van der Waals surface area contributed by atoms with E-state index in [4.69, 9.17) is 11.6 Å². The molecule has 0 fully saturated rings. The first-order valence-electron chi connectivity index (χ1n) is 6.32. The molecule has 2 heterocycles. The van der Waals surface area contributed by atoms with Gasteiger partial charge in [0, 0.05) is 30.8 Å². The van der Waals surface area contributed by atoms with Crippen LogP contribution in [0.15, 0.2) is 24.3 Å². The van der Waals surface area contributed by atoms with E-state index in [1.165, 1.54) is 0 Å². The molecule has 5 heteroatoms. The molecule has 0 spiro atoms. The second-order valence-corrected chi connectivity index (χ2v) is 4.99. The van der Waals surface area contributed by atoms with Gasteiger partial charge < -0.3 is 10.6 Å². The van der Waals surface area contributed by atoms with E-state index < -0.39 is 0 Å². The summed E-state index contributed by atoms with van der Waals surface area (Å²) in [5, 5.41) is 7.05. The molecule has 0 unspecified atom stereocenters. The van der Waals surface area contributed by atoms with Crippen LogP contribution in [0.1, 0.15) is 16.8 Å². The highest BCUT2D eigenvalue weighted by molar-refractivity contribution is 6.30. The monoisotopic (exact) mass is 274 g/mol. The highest BCUT2D eigenvalue weighted by Gasteiger charge is 2.16. The highest BCUT2D eigenvalue weighted by atomic mass is 35.5. The van der Waals surface area contributed by atoms with E-state index in [-0.39, 0.29) is 0 Å². The van der Waals surface area contributed by atoms with Gasteiger partial charge in [-0.25, -0.2) is 9.97 Å². The Morgan fingerprint density at radius 1 is 1.26 bits per heavy atom. The second kappa shape index (κ2) is 5.15. The fraction of sp³-hybridized carbons (Fsp3) is 0.286. The summed E-state index contributed by atoms with van der Waals surface area (Å²) in [5.74, 6) is 0.569. The molecule has 0 saturated heterocycles. The van der Waals surface area contributed by atoms with E-state index in [0.717, 1.165) is 42.0 Å². The molecule has 1 aliphatic rings. The van der Waals surface area contributed by atoms with E-state index in [0.29, 0.717) is 11.1 Å². The molecule has 19 heavy (non-hydrogen) atoms. The largest absolute Gasteiger partial charge is 0.324 e. The zero-order valence-electron chi connectivity index (χ0n) is 10.7. The SMILES string of the molecule is Cc1ccccc1Nc1nc(Cl)c2c(n1)CCNC2. The topological polar surface area (TPSA) is 49.8 Å². The summed E-state index contributed by atoms with van der Waals surface area (Å²) in [5.41, 5.74) is 4.21. The van der Waals surface area contributed by atoms with Gasteiger partial charge in [0.1, 0.15) is 5.15 Å². The molecule has 1 aliphatic heterocycles. The number of rotatable bonds is 2. The first-order valence-corrected chi connectivity index (χ1v) is 6.70. The van der Waals surface area contributed by atoms with Crippen LogP contribution in [0.3, 0.4) is 0 Å². The predicted octanol–water partition coefficient (Wildman–Crippen LogP) is 2.83. The van der Waals surface area contributed by atoms with Gasteiger partial charge >= 0.3 is 0 Å². The number of nitrogens with zero attached hydrogens (tertiary/aromatic N) is 2. The molecule has 1 aromatic carbocycles. The summed E-state index contributed by atoms with van der Waals surface area (Å²) in [7, 11) is 0. The van der Waals surface area contributed by atoms with Gasteiger partial charge in [0.25, 0.3) is 0 Å². The summed E-state index contributed by atoms with van der Waals surface area (Å²) in [4.78, 5) is 8.89. The Balaban J connectivity index is 1.94. The number of anilines is 2. The molecule has 3 rings (SSSR count). The normalized spacial score (nSPS) is 14.0. The van der Waals surface area contributed by atoms with Crippen LogP contribution in [0.2, 0.25) is 5.15 Å². The Labute approximate surface area is 117 Å². The minimum Gasteiger partial charge on any atom is -0.324 e. The summed E-state index contributed by atoms with van der Waals surface area (Å²) < 4.78 is 0. The van der Waals surface area contributed by atoms with E-state index in [9.17, 15) is 0 Å². The Hall–Kier alpha value is -1.65. The number of aromatic nitrogens is 2. The van der Waals surface area contributed by atoms with Crippen LogP contribution in [-0.2, 0) is 13.0 Å².